The lowest BCUT2D eigenvalue weighted by Gasteiger charge is -2.10. The smallest absolute Gasteiger partial charge is 0.319 e. The number of nitrogens with one attached hydrogen (secondary N) is 3. The van der Waals surface area contributed by atoms with Gasteiger partial charge < -0.3 is 20.7 Å². The van der Waals surface area contributed by atoms with Crippen LogP contribution >= 0.6 is 11.6 Å². The molecule has 2 aromatic rings. The molecule has 0 aliphatic rings. The van der Waals surface area contributed by atoms with E-state index in [0.717, 1.165) is 0 Å². The minimum absolute atomic E-state index is 0.0210. The number of urea groups is 1. The molecule has 3 amide bonds. The van der Waals surface area contributed by atoms with E-state index < -0.39 is 11.8 Å². The van der Waals surface area contributed by atoms with Crippen molar-refractivity contribution in [2.75, 3.05) is 25.5 Å². The van der Waals surface area contributed by atoms with Gasteiger partial charge >= 0.3 is 6.03 Å². The van der Waals surface area contributed by atoms with Crippen molar-refractivity contribution < 1.29 is 18.7 Å². The topological polar surface area (TPSA) is 79.5 Å². The predicted molar refractivity (Wildman–Crippen MR) is 93.8 cm³/mol. The Morgan fingerprint density at radius 3 is 2.44 bits per heavy atom. The maximum absolute atomic E-state index is 13.7. The van der Waals surface area contributed by atoms with Gasteiger partial charge in [-0.3, -0.25) is 4.79 Å². The zero-order valence-electron chi connectivity index (χ0n) is 13.4. The number of halogens is 2. The van der Waals surface area contributed by atoms with Crippen LogP contribution in [0.2, 0.25) is 5.02 Å². The van der Waals surface area contributed by atoms with Crippen LogP contribution in [-0.2, 0) is 0 Å². The van der Waals surface area contributed by atoms with Crippen molar-refractivity contribution in [3.8, 4) is 5.75 Å². The molecule has 2 rings (SSSR count). The number of amides is 3. The number of benzene rings is 2. The molecule has 0 atom stereocenters. The largest absolute Gasteiger partial charge is 0.497 e. The molecule has 3 N–H and O–H groups in total. The molecular formula is C17H17ClFN3O3. The van der Waals surface area contributed by atoms with Gasteiger partial charge in [-0.15, -0.1) is 0 Å². The van der Waals surface area contributed by atoms with E-state index in [2.05, 4.69) is 16.0 Å². The van der Waals surface area contributed by atoms with Crippen LogP contribution in [0.4, 0.5) is 14.9 Å². The molecule has 0 saturated carbocycles. The van der Waals surface area contributed by atoms with Gasteiger partial charge in [0.2, 0.25) is 0 Å². The Balaban J connectivity index is 1.73. The Hall–Kier alpha value is -2.80. The second-order valence-corrected chi connectivity index (χ2v) is 5.37. The lowest BCUT2D eigenvalue weighted by atomic mass is 10.2. The van der Waals surface area contributed by atoms with Crippen LogP contribution in [0.1, 0.15) is 10.4 Å². The molecule has 0 fully saturated rings. The second-order valence-electron chi connectivity index (χ2n) is 4.97. The molecule has 8 heteroatoms. The van der Waals surface area contributed by atoms with Gasteiger partial charge in [0.05, 0.1) is 17.8 Å². The van der Waals surface area contributed by atoms with Crippen molar-refractivity contribution in [1.29, 1.82) is 0 Å². The zero-order valence-corrected chi connectivity index (χ0v) is 14.2. The van der Waals surface area contributed by atoms with Gasteiger partial charge in [0, 0.05) is 18.7 Å². The maximum Gasteiger partial charge on any atom is 0.319 e. The predicted octanol–water partition coefficient (Wildman–Crippen LogP) is 3.04. The van der Waals surface area contributed by atoms with Gasteiger partial charge in [-0.2, -0.15) is 0 Å². The third-order valence-corrected chi connectivity index (χ3v) is 3.54. The highest BCUT2D eigenvalue weighted by Gasteiger charge is 2.09. The Kier molecular flexibility index (Phi) is 6.59. The Morgan fingerprint density at radius 1 is 1.08 bits per heavy atom. The lowest BCUT2D eigenvalue weighted by molar-refractivity contribution is 0.0954. The van der Waals surface area contributed by atoms with Crippen LogP contribution in [0.15, 0.2) is 42.5 Å². The quantitative estimate of drug-likeness (QED) is 0.688. The summed E-state index contributed by atoms with van der Waals surface area (Å²) in [5.74, 6) is -0.319. The van der Waals surface area contributed by atoms with Crippen molar-refractivity contribution in [2.24, 2.45) is 0 Å². The molecule has 2 aromatic carbocycles. The summed E-state index contributed by atoms with van der Waals surface area (Å²) in [5, 5.41) is 7.44. The fraction of sp³-hybridized carbons (Fsp3) is 0.176. The van der Waals surface area contributed by atoms with Crippen LogP contribution in [-0.4, -0.2) is 32.1 Å². The molecule has 0 saturated heterocycles. The van der Waals surface area contributed by atoms with Crippen LogP contribution in [0, 0.1) is 5.82 Å². The van der Waals surface area contributed by atoms with Crippen molar-refractivity contribution in [3.05, 3.63) is 58.9 Å². The van der Waals surface area contributed by atoms with Crippen LogP contribution < -0.4 is 20.7 Å². The van der Waals surface area contributed by atoms with E-state index in [4.69, 9.17) is 16.3 Å². The molecule has 0 radical (unpaired) electrons. The van der Waals surface area contributed by atoms with E-state index in [9.17, 15) is 14.0 Å². The summed E-state index contributed by atoms with van der Waals surface area (Å²) in [6.07, 6.45) is 0. The average molecular weight is 366 g/mol. The number of methoxy groups -OCH3 is 1. The number of hydrogen-bond donors (Lipinski definition) is 3. The van der Waals surface area contributed by atoms with Crippen LogP contribution in [0.3, 0.4) is 0 Å². The Bertz CT molecular complexity index is 753. The van der Waals surface area contributed by atoms with E-state index in [-0.39, 0.29) is 29.7 Å². The Labute approximate surface area is 149 Å². The first-order chi connectivity index (χ1) is 12.0. The number of ether oxygens (including phenoxy) is 1. The van der Waals surface area contributed by atoms with Crippen molar-refractivity contribution in [1.82, 2.24) is 10.6 Å². The second kappa shape index (κ2) is 8.89. The minimum atomic E-state index is -0.702. The highest BCUT2D eigenvalue weighted by atomic mass is 35.5. The maximum atomic E-state index is 13.7. The average Bonchev–Trinajstić information content (AvgIpc) is 2.62. The summed E-state index contributed by atoms with van der Waals surface area (Å²) in [7, 11) is 1.54. The summed E-state index contributed by atoms with van der Waals surface area (Å²) in [4.78, 5) is 23.6. The molecule has 0 aliphatic heterocycles. The SMILES string of the molecule is COc1ccc(C(=O)NCCNC(=O)Nc2cccc(Cl)c2F)cc1. The molecule has 0 unspecified atom stereocenters. The number of hydrogen-bond acceptors (Lipinski definition) is 3. The van der Waals surface area contributed by atoms with Crippen LogP contribution in [0.5, 0.6) is 5.75 Å². The van der Waals surface area contributed by atoms with E-state index >= 15 is 0 Å². The van der Waals surface area contributed by atoms with E-state index in [1.165, 1.54) is 18.2 Å². The van der Waals surface area contributed by atoms with Crippen LogP contribution in [0.25, 0.3) is 0 Å². The lowest BCUT2D eigenvalue weighted by Crippen LogP contribution is -2.36. The van der Waals surface area contributed by atoms with Crippen molar-refractivity contribution >= 4 is 29.2 Å². The number of rotatable bonds is 6. The number of carbonyl (C=O) groups is 2. The van der Waals surface area contributed by atoms with E-state index in [1.807, 2.05) is 0 Å². The summed E-state index contributed by atoms with van der Waals surface area (Å²) >= 11 is 5.63. The Morgan fingerprint density at radius 2 is 1.76 bits per heavy atom. The molecule has 25 heavy (non-hydrogen) atoms. The highest BCUT2D eigenvalue weighted by Crippen LogP contribution is 2.21. The molecule has 132 valence electrons. The molecule has 0 aliphatic carbocycles. The first-order valence-electron chi connectivity index (χ1n) is 7.42. The third kappa shape index (κ3) is 5.36. The fourth-order valence-electron chi connectivity index (χ4n) is 1.96. The number of carbonyl (C=O) groups excluding carboxylic acids is 2. The first kappa shape index (κ1) is 18.5. The molecule has 6 nitrogen and oxygen atoms in total. The highest BCUT2D eigenvalue weighted by molar-refractivity contribution is 6.31. The van der Waals surface area contributed by atoms with Gasteiger partial charge in [0.25, 0.3) is 5.91 Å². The molecule has 0 spiro atoms. The standard InChI is InChI=1S/C17H17ClFN3O3/c1-25-12-7-5-11(6-8-12)16(23)20-9-10-21-17(24)22-14-4-2-3-13(18)15(14)19/h2-8H,9-10H2,1H3,(H,20,23)(H2,21,22,24). The molecule has 0 aromatic heterocycles. The van der Waals surface area contributed by atoms with Gasteiger partial charge in [-0.25, -0.2) is 9.18 Å². The zero-order chi connectivity index (χ0) is 18.2. The van der Waals surface area contributed by atoms with Crippen molar-refractivity contribution in [3.63, 3.8) is 0 Å². The van der Waals surface area contributed by atoms with Gasteiger partial charge in [-0.1, -0.05) is 17.7 Å². The number of anilines is 1. The third-order valence-electron chi connectivity index (χ3n) is 3.25. The monoisotopic (exact) mass is 365 g/mol. The van der Waals surface area contributed by atoms with E-state index in [0.29, 0.717) is 11.3 Å². The summed E-state index contributed by atoms with van der Waals surface area (Å²) in [6.45, 7) is 0.395. The molecule has 0 heterocycles. The summed E-state index contributed by atoms with van der Waals surface area (Å²) < 4.78 is 18.7. The van der Waals surface area contributed by atoms with Gasteiger partial charge in [0.1, 0.15) is 5.75 Å². The summed E-state index contributed by atoms with van der Waals surface area (Å²) in [5.41, 5.74) is 0.457. The van der Waals surface area contributed by atoms with E-state index in [1.54, 1.807) is 31.4 Å². The molecular weight excluding hydrogens is 349 g/mol. The fourth-order valence-corrected chi connectivity index (χ4v) is 2.14. The minimum Gasteiger partial charge on any atom is -0.497 e. The molecule has 0 bridgehead atoms. The van der Waals surface area contributed by atoms with Gasteiger partial charge in [0.15, 0.2) is 5.82 Å². The van der Waals surface area contributed by atoms with Crippen molar-refractivity contribution in [2.45, 2.75) is 0 Å². The first-order valence-corrected chi connectivity index (χ1v) is 7.80. The normalized spacial score (nSPS) is 10.0. The van der Waals surface area contributed by atoms with Gasteiger partial charge in [-0.05, 0) is 36.4 Å². The summed E-state index contributed by atoms with van der Waals surface area (Å²) in [6, 6.07) is 10.3.